The second kappa shape index (κ2) is 5.90. The average Bonchev–Trinajstić information content (AvgIpc) is 1.83. The summed E-state index contributed by atoms with van der Waals surface area (Å²) in [7, 11) is -2.63. The SMILES string of the molecule is C=C(C)C(CC(Cl)Cl)O[P+](=O)O. The summed E-state index contributed by atoms with van der Waals surface area (Å²) in [4.78, 5) is 7.82. The van der Waals surface area contributed by atoms with E-state index in [2.05, 4.69) is 11.1 Å². The Morgan fingerprint density at radius 3 is 2.50 bits per heavy atom. The molecule has 2 unspecified atom stereocenters. The molecule has 1 N–H and O–H groups in total. The maximum Gasteiger partial charge on any atom is 0.695 e. The maximum atomic E-state index is 10.3. The van der Waals surface area contributed by atoms with Gasteiger partial charge in [-0.15, -0.1) is 32.6 Å². The van der Waals surface area contributed by atoms with E-state index >= 15 is 0 Å². The van der Waals surface area contributed by atoms with Crippen molar-refractivity contribution in [1.29, 1.82) is 0 Å². The van der Waals surface area contributed by atoms with E-state index in [1.807, 2.05) is 0 Å². The molecule has 0 aromatic rings. The van der Waals surface area contributed by atoms with Crippen LogP contribution in [0.25, 0.3) is 0 Å². The van der Waals surface area contributed by atoms with Gasteiger partial charge in [-0.1, -0.05) is 6.58 Å². The quantitative estimate of drug-likeness (QED) is 0.450. The van der Waals surface area contributed by atoms with Gasteiger partial charge in [0.1, 0.15) is 10.9 Å². The lowest BCUT2D eigenvalue weighted by molar-refractivity contribution is 0.214. The molecule has 0 aromatic carbocycles. The lowest BCUT2D eigenvalue weighted by Gasteiger charge is -2.09. The highest BCUT2D eigenvalue weighted by atomic mass is 35.5. The highest BCUT2D eigenvalue weighted by Crippen LogP contribution is 2.26. The van der Waals surface area contributed by atoms with E-state index < -0.39 is 19.2 Å². The first-order valence-corrected chi connectivity index (χ1v) is 5.20. The second-order valence-corrected chi connectivity index (χ2v) is 4.27. The molecule has 0 aliphatic rings. The van der Waals surface area contributed by atoms with Crippen LogP contribution in [0.5, 0.6) is 0 Å². The Morgan fingerprint density at radius 2 is 2.25 bits per heavy atom. The van der Waals surface area contributed by atoms with Gasteiger partial charge in [-0.05, 0) is 12.5 Å². The molecule has 0 aliphatic carbocycles. The van der Waals surface area contributed by atoms with E-state index in [1.54, 1.807) is 6.92 Å². The van der Waals surface area contributed by atoms with Crippen molar-refractivity contribution in [3.05, 3.63) is 12.2 Å². The Labute approximate surface area is 82.3 Å². The summed E-state index contributed by atoms with van der Waals surface area (Å²) < 4.78 is 14.9. The van der Waals surface area contributed by atoms with Crippen molar-refractivity contribution >= 4 is 31.5 Å². The summed E-state index contributed by atoms with van der Waals surface area (Å²) in [5, 5.41) is 0. The van der Waals surface area contributed by atoms with Crippen LogP contribution in [0.15, 0.2) is 12.2 Å². The molecule has 0 saturated heterocycles. The van der Waals surface area contributed by atoms with Crippen molar-refractivity contribution in [3.8, 4) is 0 Å². The second-order valence-electron chi connectivity index (χ2n) is 2.31. The molecule has 0 aliphatic heterocycles. The van der Waals surface area contributed by atoms with Crippen LogP contribution in [0.3, 0.4) is 0 Å². The first-order chi connectivity index (χ1) is 5.43. The van der Waals surface area contributed by atoms with Crippen molar-refractivity contribution < 1.29 is 14.0 Å². The minimum atomic E-state index is -2.63. The highest BCUT2D eigenvalue weighted by molar-refractivity contribution is 7.32. The molecule has 6 heteroatoms. The van der Waals surface area contributed by atoms with Crippen molar-refractivity contribution in [3.63, 3.8) is 0 Å². The van der Waals surface area contributed by atoms with E-state index in [4.69, 9.17) is 28.1 Å². The highest BCUT2D eigenvalue weighted by Gasteiger charge is 2.25. The predicted molar refractivity (Wildman–Crippen MR) is 49.6 cm³/mol. The number of halogens is 2. The molecule has 0 spiro atoms. The first kappa shape index (κ1) is 12.3. The molecular weight excluding hydrogens is 222 g/mol. The number of hydrogen-bond donors (Lipinski definition) is 1. The zero-order chi connectivity index (χ0) is 9.72. The van der Waals surface area contributed by atoms with Crippen LogP contribution in [-0.2, 0) is 9.09 Å². The molecule has 0 heterocycles. The van der Waals surface area contributed by atoms with Gasteiger partial charge < -0.3 is 0 Å². The van der Waals surface area contributed by atoms with Gasteiger partial charge in [0.25, 0.3) is 0 Å². The van der Waals surface area contributed by atoms with Crippen LogP contribution in [0, 0.1) is 0 Å². The maximum absolute atomic E-state index is 10.3. The molecule has 12 heavy (non-hydrogen) atoms. The Bertz CT molecular complexity index is 184. The van der Waals surface area contributed by atoms with Gasteiger partial charge in [0.05, 0.1) is 0 Å². The summed E-state index contributed by atoms with van der Waals surface area (Å²) >= 11 is 10.9. The fourth-order valence-corrected chi connectivity index (χ4v) is 1.41. The molecule has 2 atom stereocenters. The molecule has 0 bridgehead atoms. The third-order valence-corrected chi connectivity index (χ3v) is 1.95. The zero-order valence-electron chi connectivity index (χ0n) is 6.54. The molecule has 0 fully saturated rings. The predicted octanol–water partition coefficient (Wildman–Crippen LogP) is 2.79. The normalized spacial score (nSPS) is 14.6. The third kappa shape index (κ3) is 5.92. The van der Waals surface area contributed by atoms with Crippen molar-refractivity contribution in [2.24, 2.45) is 0 Å². The minimum Gasteiger partial charge on any atom is -0.133 e. The molecular formula is C6H10Cl2O3P+. The summed E-state index contributed by atoms with van der Waals surface area (Å²) in [6, 6.07) is 0. The van der Waals surface area contributed by atoms with Crippen LogP contribution >= 0.6 is 31.5 Å². The van der Waals surface area contributed by atoms with Crippen LogP contribution < -0.4 is 0 Å². The van der Waals surface area contributed by atoms with Crippen molar-refractivity contribution in [1.82, 2.24) is 0 Å². The van der Waals surface area contributed by atoms with E-state index in [0.29, 0.717) is 5.57 Å². The monoisotopic (exact) mass is 231 g/mol. The summed E-state index contributed by atoms with van der Waals surface area (Å²) in [5.41, 5.74) is 0.624. The van der Waals surface area contributed by atoms with Gasteiger partial charge >= 0.3 is 8.25 Å². The zero-order valence-corrected chi connectivity index (χ0v) is 8.94. The smallest absolute Gasteiger partial charge is 0.133 e. The molecule has 0 saturated carbocycles. The molecule has 3 nitrogen and oxygen atoms in total. The van der Waals surface area contributed by atoms with Crippen LogP contribution in [0.1, 0.15) is 13.3 Å². The van der Waals surface area contributed by atoms with Gasteiger partial charge in [0, 0.05) is 11.0 Å². The van der Waals surface area contributed by atoms with Gasteiger partial charge in [-0.25, -0.2) is 0 Å². The average molecular weight is 232 g/mol. The summed E-state index contributed by atoms with van der Waals surface area (Å²) in [6.45, 7) is 5.26. The summed E-state index contributed by atoms with van der Waals surface area (Å²) in [5.74, 6) is 0. The van der Waals surface area contributed by atoms with Crippen LogP contribution in [-0.4, -0.2) is 15.8 Å². The van der Waals surface area contributed by atoms with Crippen LogP contribution in [0.2, 0.25) is 0 Å². The van der Waals surface area contributed by atoms with E-state index in [1.165, 1.54) is 0 Å². The standard InChI is InChI=1S/C6H9Cl2O3P/c1-4(2)5(3-6(7)8)11-12(9)10/h5-6H,1,3H2,2H3/p+1. The molecule has 0 radical (unpaired) electrons. The Balaban J connectivity index is 4.04. The molecule has 0 amide bonds. The molecule has 0 rings (SSSR count). The third-order valence-electron chi connectivity index (χ3n) is 1.16. The fourth-order valence-electron chi connectivity index (χ4n) is 0.605. The molecule has 70 valence electrons. The number of rotatable bonds is 5. The first-order valence-electron chi connectivity index (χ1n) is 3.20. The largest absolute Gasteiger partial charge is 0.695 e. The lowest BCUT2D eigenvalue weighted by Crippen LogP contribution is -2.13. The number of alkyl halides is 2. The summed E-state index contributed by atoms with van der Waals surface area (Å²) in [6.07, 6.45) is -0.293. The van der Waals surface area contributed by atoms with Crippen LogP contribution in [0.4, 0.5) is 0 Å². The van der Waals surface area contributed by atoms with Gasteiger partial charge in [-0.2, -0.15) is 0 Å². The Hall–Kier alpha value is 0.340. The van der Waals surface area contributed by atoms with E-state index in [-0.39, 0.29) is 6.42 Å². The molecule has 0 aromatic heterocycles. The Kier molecular flexibility index (Phi) is 6.06. The van der Waals surface area contributed by atoms with Crippen molar-refractivity contribution in [2.45, 2.75) is 24.3 Å². The van der Waals surface area contributed by atoms with Gasteiger partial charge in [-0.3, -0.25) is 0 Å². The van der Waals surface area contributed by atoms with Gasteiger partial charge in [0.2, 0.25) is 0 Å². The van der Waals surface area contributed by atoms with Crippen molar-refractivity contribution in [2.75, 3.05) is 0 Å². The van der Waals surface area contributed by atoms with E-state index in [0.717, 1.165) is 0 Å². The van der Waals surface area contributed by atoms with E-state index in [9.17, 15) is 4.57 Å². The number of hydrogen-bond acceptors (Lipinski definition) is 2. The minimum absolute atomic E-state index is 0.264. The fraction of sp³-hybridized carbons (Fsp3) is 0.667. The van der Waals surface area contributed by atoms with Gasteiger partial charge in [0.15, 0.2) is 0 Å². The lowest BCUT2D eigenvalue weighted by atomic mass is 10.1. The topological polar surface area (TPSA) is 46.5 Å². The Morgan fingerprint density at radius 1 is 1.75 bits per heavy atom.